The van der Waals surface area contributed by atoms with Crippen LogP contribution in [0.4, 0.5) is 0 Å². The van der Waals surface area contributed by atoms with E-state index >= 15 is 0 Å². The van der Waals surface area contributed by atoms with Crippen LogP contribution in [0, 0.1) is 0 Å². The van der Waals surface area contributed by atoms with Crippen LogP contribution in [0.1, 0.15) is 39.5 Å². The van der Waals surface area contributed by atoms with Gasteiger partial charge < -0.3 is 14.8 Å². The van der Waals surface area contributed by atoms with E-state index in [1.807, 2.05) is 0 Å². The Morgan fingerprint density at radius 3 is 2.53 bits per heavy atom. The van der Waals surface area contributed by atoms with Crippen molar-refractivity contribution in [1.29, 1.82) is 0 Å². The zero-order valence-corrected chi connectivity index (χ0v) is 11.0. The minimum atomic E-state index is -0.273. The first-order valence-electron chi connectivity index (χ1n) is 6.08. The molecule has 0 aliphatic carbocycles. The first-order chi connectivity index (χ1) is 8.11. The molecule has 0 aliphatic heterocycles. The maximum atomic E-state index is 11.0. The molecule has 100 valence electrons. The Hall–Kier alpha value is -1.10. The van der Waals surface area contributed by atoms with E-state index in [1.165, 1.54) is 7.11 Å². The summed E-state index contributed by atoms with van der Waals surface area (Å²) in [5.41, 5.74) is 0. The largest absolute Gasteiger partial charge is 0.468 e. The number of methoxy groups -OCH3 is 1. The molecule has 0 bridgehead atoms. The van der Waals surface area contributed by atoms with Gasteiger partial charge in [-0.1, -0.05) is 6.42 Å². The number of hydrogen-bond acceptors (Lipinski definition) is 5. The third kappa shape index (κ3) is 8.68. The lowest BCUT2D eigenvalue weighted by Crippen LogP contribution is -2.35. The molecule has 0 fully saturated rings. The van der Waals surface area contributed by atoms with Gasteiger partial charge in [0.2, 0.25) is 0 Å². The molecular formula is C12H23NO4. The Labute approximate surface area is 103 Å². The van der Waals surface area contributed by atoms with Crippen molar-refractivity contribution in [1.82, 2.24) is 5.32 Å². The fraction of sp³-hybridized carbons (Fsp3) is 0.833. The Balaban J connectivity index is 3.35. The van der Waals surface area contributed by atoms with E-state index in [4.69, 9.17) is 4.74 Å². The van der Waals surface area contributed by atoms with Gasteiger partial charge in [-0.15, -0.1) is 0 Å². The van der Waals surface area contributed by atoms with E-state index < -0.39 is 0 Å². The zero-order valence-electron chi connectivity index (χ0n) is 11.0. The van der Waals surface area contributed by atoms with Crippen molar-refractivity contribution >= 4 is 11.9 Å². The van der Waals surface area contributed by atoms with Gasteiger partial charge in [-0.3, -0.25) is 9.59 Å². The summed E-state index contributed by atoms with van der Waals surface area (Å²) in [6, 6.07) is -0.273. The number of rotatable bonds is 9. The number of nitrogens with one attached hydrogen (secondary N) is 1. The van der Waals surface area contributed by atoms with Crippen molar-refractivity contribution in [2.24, 2.45) is 0 Å². The molecule has 1 N–H and O–H groups in total. The smallest absolute Gasteiger partial charge is 0.322 e. The summed E-state index contributed by atoms with van der Waals surface area (Å²) in [6.07, 6.45) is 3.17. The molecule has 1 unspecified atom stereocenters. The van der Waals surface area contributed by atoms with Gasteiger partial charge in [-0.2, -0.15) is 0 Å². The molecular weight excluding hydrogens is 222 g/mol. The Bertz CT molecular complexity index is 231. The van der Waals surface area contributed by atoms with Gasteiger partial charge in [0, 0.05) is 6.42 Å². The van der Waals surface area contributed by atoms with E-state index in [0.29, 0.717) is 13.0 Å². The molecule has 1 atom stereocenters. The molecule has 0 spiro atoms. The van der Waals surface area contributed by atoms with E-state index in [1.54, 1.807) is 13.8 Å². The molecule has 0 aliphatic rings. The lowest BCUT2D eigenvalue weighted by Gasteiger charge is -2.10. The summed E-state index contributed by atoms with van der Waals surface area (Å²) in [5.74, 6) is -0.389. The molecule has 0 aromatic carbocycles. The molecule has 0 amide bonds. The quantitative estimate of drug-likeness (QED) is 0.489. The predicted molar refractivity (Wildman–Crippen MR) is 64.6 cm³/mol. The Morgan fingerprint density at radius 2 is 1.94 bits per heavy atom. The standard InChI is InChI=1S/C12H23NO4/c1-4-17-11(14)8-6-5-7-9-13-10(2)12(15)16-3/h10,13H,4-9H2,1-3H3. The summed E-state index contributed by atoms with van der Waals surface area (Å²) in [5, 5.41) is 3.06. The minimum Gasteiger partial charge on any atom is -0.468 e. The van der Waals surface area contributed by atoms with Gasteiger partial charge in [0.15, 0.2) is 0 Å². The predicted octanol–water partition coefficient (Wildman–Crippen LogP) is 1.26. The van der Waals surface area contributed by atoms with Crippen molar-refractivity contribution in [3.05, 3.63) is 0 Å². The fourth-order valence-corrected chi connectivity index (χ4v) is 1.38. The van der Waals surface area contributed by atoms with Gasteiger partial charge in [0.25, 0.3) is 0 Å². The first kappa shape index (κ1) is 15.9. The molecule has 0 rings (SSSR count). The summed E-state index contributed by atoms with van der Waals surface area (Å²) in [4.78, 5) is 22.1. The lowest BCUT2D eigenvalue weighted by molar-refractivity contribution is -0.143. The summed E-state index contributed by atoms with van der Waals surface area (Å²) >= 11 is 0. The van der Waals surface area contributed by atoms with E-state index in [0.717, 1.165) is 25.8 Å². The van der Waals surface area contributed by atoms with E-state index in [-0.39, 0.29) is 18.0 Å². The zero-order chi connectivity index (χ0) is 13.1. The minimum absolute atomic E-state index is 0.136. The molecule has 0 saturated carbocycles. The first-order valence-corrected chi connectivity index (χ1v) is 6.08. The second-order valence-corrected chi connectivity index (χ2v) is 3.81. The Morgan fingerprint density at radius 1 is 1.24 bits per heavy atom. The van der Waals surface area contributed by atoms with Gasteiger partial charge >= 0.3 is 11.9 Å². The van der Waals surface area contributed by atoms with E-state index in [2.05, 4.69) is 10.1 Å². The summed E-state index contributed by atoms with van der Waals surface area (Å²) in [7, 11) is 1.37. The molecule has 0 heterocycles. The second-order valence-electron chi connectivity index (χ2n) is 3.81. The topological polar surface area (TPSA) is 64.6 Å². The highest BCUT2D eigenvalue weighted by Gasteiger charge is 2.10. The third-order valence-corrected chi connectivity index (χ3v) is 2.37. The maximum absolute atomic E-state index is 11.0. The van der Waals surface area contributed by atoms with Crippen LogP contribution in [0.5, 0.6) is 0 Å². The number of ether oxygens (including phenoxy) is 2. The van der Waals surface area contributed by atoms with Crippen LogP contribution in [0.25, 0.3) is 0 Å². The van der Waals surface area contributed by atoms with Crippen molar-refractivity contribution < 1.29 is 19.1 Å². The molecule has 5 heteroatoms. The third-order valence-electron chi connectivity index (χ3n) is 2.37. The second kappa shape index (κ2) is 10.1. The van der Waals surface area contributed by atoms with Crippen LogP contribution in [-0.4, -0.2) is 38.2 Å². The highest BCUT2D eigenvalue weighted by atomic mass is 16.5. The number of carbonyl (C=O) groups excluding carboxylic acids is 2. The van der Waals surface area contributed by atoms with E-state index in [9.17, 15) is 9.59 Å². The van der Waals surface area contributed by atoms with Crippen molar-refractivity contribution in [2.45, 2.75) is 45.6 Å². The highest BCUT2D eigenvalue weighted by Crippen LogP contribution is 2.01. The van der Waals surface area contributed by atoms with Crippen LogP contribution < -0.4 is 5.32 Å². The molecule has 0 saturated heterocycles. The molecule has 17 heavy (non-hydrogen) atoms. The average molecular weight is 245 g/mol. The van der Waals surface area contributed by atoms with Crippen LogP contribution in [0.15, 0.2) is 0 Å². The number of esters is 2. The number of unbranched alkanes of at least 4 members (excludes halogenated alkanes) is 2. The van der Waals surface area contributed by atoms with Crippen LogP contribution >= 0.6 is 0 Å². The normalized spacial score (nSPS) is 11.9. The van der Waals surface area contributed by atoms with Crippen molar-refractivity contribution in [3.8, 4) is 0 Å². The van der Waals surface area contributed by atoms with Crippen LogP contribution in [-0.2, 0) is 19.1 Å². The fourth-order valence-electron chi connectivity index (χ4n) is 1.38. The summed E-state index contributed by atoms with van der Waals surface area (Å²) < 4.78 is 9.40. The lowest BCUT2D eigenvalue weighted by atomic mass is 10.2. The van der Waals surface area contributed by atoms with Crippen LogP contribution in [0.3, 0.4) is 0 Å². The number of carbonyl (C=O) groups is 2. The molecule has 0 radical (unpaired) electrons. The van der Waals surface area contributed by atoms with Gasteiger partial charge in [-0.05, 0) is 33.2 Å². The number of hydrogen-bond donors (Lipinski definition) is 1. The van der Waals surface area contributed by atoms with Gasteiger partial charge in [0.05, 0.1) is 13.7 Å². The van der Waals surface area contributed by atoms with Gasteiger partial charge in [-0.25, -0.2) is 0 Å². The summed E-state index contributed by atoms with van der Waals surface area (Å²) in [6.45, 7) is 4.76. The highest BCUT2D eigenvalue weighted by molar-refractivity contribution is 5.75. The van der Waals surface area contributed by atoms with Crippen LogP contribution in [0.2, 0.25) is 0 Å². The molecule has 5 nitrogen and oxygen atoms in total. The SMILES string of the molecule is CCOC(=O)CCCCCNC(C)C(=O)OC. The van der Waals surface area contributed by atoms with Gasteiger partial charge in [0.1, 0.15) is 6.04 Å². The molecule has 0 aromatic heterocycles. The van der Waals surface area contributed by atoms with Crippen molar-refractivity contribution in [3.63, 3.8) is 0 Å². The average Bonchev–Trinajstić information content (AvgIpc) is 2.32. The monoisotopic (exact) mass is 245 g/mol. The maximum Gasteiger partial charge on any atom is 0.322 e. The molecule has 0 aromatic rings. The Kier molecular flexibility index (Phi) is 9.43. The van der Waals surface area contributed by atoms with Crippen molar-refractivity contribution in [2.75, 3.05) is 20.3 Å².